The molecule has 1 heterocycles. The van der Waals surface area contributed by atoms with Crippen LogP contribution in [0.15, 0.2) is 54.6 Å². The lowest BCUT2D eigenvalue weighted by molar-refractivity contribution is -0.0764. The molecule has 0 radical (unpaired) electrons. The number of carbonyl (C=O) groups excluding carboxylic acids is 2. The second-order valence-corrected chi connectivity index (χ2v) is 6.73. The molecule has 25 heavy (non-hydrogen) atoms. The number of nitrogens with one attached hydrogen (secondary N) is 1. The Morgan fingerprint density at radius 1 is 1.00 bits per heavy atom. The van der Waals surface area contributed by atoms with Crippen molar-refractivity contribution in [1.82, 2.24) is 4.90 Å². The number of nitrogens with zero attached hydrogens (tertiary/aromatic N) is 1. The molecule has 2 amide bonds. The summed E-state index contributed by atoms with van der Waals surface area (Å²) in [5, 5.41) is 2.83. The fourth-order valence-corrected chi connectivity index (χ4v) is 2.86. The molecule has 5 nitrogen and oxygen atoms in total. The number of hydrogen-bond acceptors (Lipinski definition) is 3. The van der Waals surface area contributed by atoms with Crippen molar-refractivity contribution in [2.45, 2.75) is 19.4 Å². The molecule has 1 aliphatic heterocycles. The third-order valence-electron chi connectivity index (χ3n) is 4.14. The quantitative estimate of drug-likeness (QED) is 0.935. The molecule has 0 saturated carbocycles. The van der Waals surface area contributed by atoms with Gasteiger partial charge in [0.2, 0.25) is 0 Å². The lowest BCUT2D eigenvalue weighted by Crippen LogP contribution is -2.50. The van der Waals surface area contributed by atoms with E-state index in [4.69, 9.17) is 4.74 Å². The van der Waals surface area contributed by atoms with Crippen LogP contribution in [0.5, 0.6) is 0 Å². The van der Waals surface area contributed by atoms with Crippen molar-refractivity contribution in [3.8, 4) is 0 Å². The predicted octanol–water partition coefficient (Wildman–Crippen LogP) is 3.19. The first-order chi connectivity index (χ1) is 11.9. The highest BCUT2D eigenvalue weighted by Gasteiger charge is 2.30. The Hall–Kier alpha value is -2.66. The molecule has 130 valence electrons. The van der Waals surface area contributed by atoms with Gasteiger partial charge in [-0.25, -0.2) is 0 Å². The number of hydrogen-bond donors (Lipinski definition) is 1. The van der Waals surface area contributed by atoms with Crippen molar-refractivity contribution < 1.29 is 14.3 Å². The molecule has 0 aliphatic carbocycles. The molecule has 0 bridgehead atoms. The summed E-state index contributed by atoms with van der Waals surface area (Å²) in [6, 6.07) is 16.0. The normalized spacial score (nSPS) is 16.3. The van der Waals surface area contributed by atoms with Crippen LogP contribution in [0.4, 0.5) is 5.69 Å². The number of ether oxygens (including phenoxy) is 1. The summed E-state index contributed by atoms with van der Waals surface area (Å²) in [4.78, 5) is 26.6. The Labute approximate surface area is 147 Å². The van der Waals surface area contributed by atoms with Crippen LogP contribution < -0.4 is 5.32 Å². The molecule has 1 fully saturated rings. The van der Waals surface area contributed by atoms with E-state index >= 15 is 0 Å². The summed E-state index contributed by atoms with van der Waals surface area (Å²) in [5.74, 6) is -0.188. The largest absolute Gasteiger partial charge is 0.372 e. The van der Waals surface area contributed by atoms with Crippen LogP contribution in [-0.2, 0) is 4.74 Å². The van der Waals surface area contributed by atoms with Crippen LogP contribution in [0.2, 0.25) is 0 Å². The van der Waals surface area contributed by atoms with E-state index in [9.17, 15) is 9.59 Å². The van der Waals surface area contributed by atoms with E-state index in [1.54, 1.807) is 41.3 Å². The first kappa shape index (κ1) is 17.2. The van der Waals surface area contributed by atoms with Gasteiger partial charge in [0.15, 0.2) is 0 Å². The average Bonchev–Trinajstić information content (AvgIpc) is 2.61. The number of amides is 2. The number of benzene rings is 2. The maximum Gasteiger partial charge on any atom is 0.255 e. The molecule has 2 aromatic rings. The molecule has 1 N–H and O–H groups in total. The van der Waals surface area contributed by atoms with Gasteiger partial charge in [0, 0.05) is 29.9 Å². The van der Waals surface area contributed by atoms with Crippen LogP contribution in [-0.4, -0.2) is 42.0 Å². The maximum atomic E-state index is 12.6. The number of carbonyl (C=O) groups is 2. The molecular weight excluding hydrogens is 316 g/mol. The molecule has 0 spiro atoms. The highest BCUT2D eigenvalue weighted by Crippen LogP contribution is 2.19. The molecular formula is C20H22N2O3. The van der Waals surface area contributed by atoms with Gasteiger partial charge in [0.05, 0.1) is 12.2 Å². The monoisotopic (exact) mass is 338 g/mol. The second-order valence-electron chi connectivity index (χ2n) is 6.73. The van der Waals surface area contributed by atoms with Crippen LogP contribution >= 0.6 is 0 Å². The van der Waals surface area contributed by atoms with Crippen LogP contribution in [0.25, 0.3) is 0 Å². The van der Waals surface area contributed by atoms with E-state index in [2.05, 4.69) is 5.32 Å². The number of morpholine rings is 1. The van der Waals surface area contributed by atoms with Gasteiger partial charge in [-0.05, 0) is 50.2 Å². The molecule has 5 heteroatoms. The molecule has 0 aromatic heterocycles. The zero-order chi connectivity index (χ0) is 17.9. The molecule has 3 rings (SSSR count). The van der Waals surface area contributed by atoms with Crippen molar-refractivity contribution in [2.75, 3.05) is 25.0 Å². The molecule has 0 atom stereocenters. The van der Waals surface area contributed by atoms with Crippen LogP contribution in [0.1, 0.15) is 34.6 Å². The lowest BCUT2D eigenvalue weighted by Gasteiger charge is -2.38. The minimum Gasteiger partial charge on any atom is -0.372 e. The Morgan fingerprint density at radius 3 is 2.32 bits per heavy atom. The smallest absolute Gasteiger partial charge is 0.255 e. The molecule has 2 aromatic carbocycles. The fraction of sp³-hybridized carbons (Fsp3) is 0.300. The Kier molecular flexibility index (Phi) is 4.86. The first-order valence-electron chi connectivity index (χ1n) is 8.34. The highest BCUT2D eigenvalue weighted by molar-refractivity contribution is 6.04. The van der Waals surface area contributed by atoms with Gasteiger partial charge in [-0.3, -0.25) is 9.59 Å². The van der Waals surface area contributed by atoms with Crippen LogP contribution in [0, 0.1) is 0 Å². The summed E-state index contributed by atoms with van der Waals surface area (Å²) in [5.41, 5.74) is 1.54. The van der Waals surface area contributed by atoms with Crippen molar-refractivity contribution in [3.63, 3.8) is 0 Å². The standard InChI is InChI=1S/C20H22N2O3/c1-20(2)14-22(12-13-25-20)19(24)16-8-10-17(11-9-16)21-18(23)15-6-4-3-5-7-15/h3-11H,12-14H2,1-2H3,(H,21,23). The molecule has 0 unspecified atom stereocenters. The molecule has 1 saturated heterocycles. The fourth-order valence-electron chi connectivity index (χ4n) is 2.86. The first-order valence-corrected chi connectivity index (χ1v) is 8.34. The van der Waals surface area contributed by atoms with Gasteiger partial charge in [0.1, 0.15) is 0 Å². The Morgan fingerprint density at radius 2 is 1.68 bits per heavy atom. The van der Waals surface area contributed by atoms with E-state index in [1.807, 2.05) is 32.0 Å². The highest BCUT2D eigenvalue weighted by atomic mass is 16.5. The van der Waals surface area contributed by atoms with E-state index in [-0.39, 0.29) is 17.4 Å². The van der Waals surface area contributed by atoms with Crippen molar-refractivity contribution in [2.24, 2.45) is 0 Å². The minimum atomic E-state index is -0.322. The summed E-state index contributed by atoms with van der Waals surface area (Å²) < 4.78 is 5.65. The summed E-state index contributed by atoms with van der Waals surface area (Å²) in [7, 11) is 0. The third kappa shape index (κ3) is 4.25. The summed E-state index contributed by atoms with van der Waals surface area (Å²) >= 11 is 0. The van der Waals surface area contributed by atoms with Crippen molar-refractivity contribution in [3.05, 3.63) is 65.7 Å². The SMILES string of the molecule is CC1(C)CN(C(=O)c2ccc(NC(=O)c3ccccc3)cc2)CCO1. The second kappa shape index (κ2) is 7.07. The number of anilines is 1. The van der Waals surface area contributed by atoms with E-state index in [0.717, 1.165) is 0 Å². The topological polar surface area (TPSA) is 58.6 Å². The van der Waals surface area contributed by atoms with E-state index in [0.29, 0.717) is 36.5 Å². The van der Waals surface area contributed by atoms with Gasteiger partial charge in [-0.15, -0.1) is 0 Å². The van der Waals surface area contributed by atoms with Gasteiger partial charge in [-0.2, -0.15) is 0 Å². The zero-order valence-electron chi connectivity index (χ0n) is 14.5. The van der Waals surface area contributed by atoms with Crippen molar-refractivity contribution in [1.29, 1.82) is 0 Å². The van der Waals surface area contributed by atoms with E-state index in [1.165, 1.54) is 0 Å². The Bertz CT molecular complexity index is 754. The van der Waals surface area contributed by atoms with Crippen LogP contribution in [0.3, 0.4) is 0 Å². The van der Waals surface area contributed by atoms with Gasteiger partial charge in [0.25, 0.3) is 11.8 Å². The predicted molar refractivity (Wildman–Crippen MR) is 96.8 cm³/mol. The Balaban J connectivity index is 1.66. The van der Waals surface area contributed by atoms with Gasteiger partial charge < -0.3 is 15.0 Å². The summed E-state index contributed by atoms with van der Waals surface area (Å²) in [6.45, 7) is 5.67. The van der Waals surface area contributed by atoms with E-state index < -0.39 is 0 Å². The molecule has 1 aliphatic rings. The van der Waals surface area contributed by atoms with Gasteiger partial charge >= 0.3 is 0 Å². The summed E-state index contributed by atoms with van der Waals surface area (Å²) in [6.07, 6.45) is 0. The van der Waals surface area contributed by atoms with Crippen molar-refractivity contribution >= 4 is 17.5 Å². The zero-order valence-corrected chi connectivity index (χ0v) is 14.5. The lowest BCUT2D eigenvalue weighted by atomic mass is 10.1. The average molecular weight is 338 g/mol. The third-order valence-corrected chi connectivity index (χ3v) is 4.14. The minimum absolute atomic E-state index is 0.0164. The number of rotatable bonds is 3. The maximum absolute atomic E-state index is 12.6. The van der Waals surface area contributed by atoms with Gasteiger partial charge in [-0.1, -0.05) is 18.2 Å².